The molecule has 2 amide bonds. The van der Waals surface area contributed by atoms with E-state index in [1.54, 1.807) is 6.20 Å². The van der Waals surface area contributed by atoms with Crippen molar-refractivity contribution < 1.29 is 4.79 Å². The number of allylic oxidation sites excluding steroid dienone is 1. The quantitative estimate of drug-likeness (QED) is 0.851. The average molecular weight is 298 g/mol. The van der Waals surface area contributed by atoms with Gasteiger partial charge in [0.1, 0.15) is 0 Å². The van der Waals surface area contributed by atoms with Gasteiger partial charge < -0.3 is 10.6 Å². The van der Waals surface area contributed by atoms with Gasteiger partial charge in [-0.1, -0.05) is 11.6 Å². The number of carbonyl (C=O) groups is 1. The Morgan fingerprint density at radius 2 is 2.23 bits per heavy atom. The Labute approximate surface area is 130 Å². The molecule has 1 unspecified atom stereocenters. The summed E-state index contributed by atoms with van der Waals surface area (Å²) in [6.07, 6.45) is 8.75. The van der Waals surface area contributed by atoms with E-state index in [1.165, 1.54) is 18.4 Å². The summed E-state index contributed by atoms with van der Waals surface area (Å²) in [5.41, 5.74) is 3.17. The van der Waals surface area contributed by atoms with Crippen LogP contribution in [0.3, 0.4) is 0 Å². The van der Waals surface area contributed by atoms with E-state index in [2.05, 4.69) is 21.8 Å². The van der Waals surface area contributed by atoms with Crippen LogP contribution in [-0.2, 0) is 7.05 Å². The van der Waals surface area contributed by atoms with Crippen LogP contribution in [0.2, 0.25) is 0 Å². The molecule has 5 nitrogen and oxygen atoms in total. The summed E-state index contributed by atoms with van der Waals surface area (Å²) in [7, 11) is 1.90. The van der Waals surface area contributed by atoms with Gasteiger partial charge in [-0.3, -0.25) is 4.68 Å². The van der Waals surface area contributed by atoms with Crippen LogP contribution < -0.4 is 10.6 Å². The monoisotopic (exact) mass is 298 g/mol. The average Bonchev–Trinajstić information content (AvgIpc) is 2.89. The molecule has 22 heavy (non-hydrogen) atoms. The zero-order chi connectivity index (χ0) is 15.5. The minimum absolute atomic E-state index is 0.0856. The predicted molar refractivity (Wildman–Crippen MR) is 88.9 cm³/mol. The summed E-state index contributed by atoms with van der Waals surface area (Å²) in [5, 5.41) is 11.1. The third-order valence-corrected chi connectivity index (χ3v) is 4.23. The highest BCUT2D eigenvalue weighted by Gasteiger charge is 2.14. The highest BCUT2D eigenvalue weighted by atomic mass is 16.2. The molecule has 1 heterocycles. The summed E-state index contributed by atoms with van der Waals surface area (Å²) in [6.45, 7) is 2.04. The summed E-state index contributed by atoms with van der Waals surface area (Å²) in [6, 6.07) is 5.72. The maximum atomic E-state index is 12.1. The van der Waals surface area contributed by atoms with Gasteiger partial charge >= 0.3 is 6.03 Å². The molecule has 1 aromatic heterocycles. The fourth-order valence-corrected chi connectivity index (χ4v) is 2.95. The molecule has 2 N–H and O–H groups in total. The molecular weight excluding hydrogens is 276 g/mol. The van der Waals surface area contributed by atoms with Gasteiger partial charge in [0.25, 0.3) is 0 Å². The number of nitrogens with zero attached hydrogens (tertiary/aromatic N) is 2. The standard InChI is InChI=1S/C17H22N4O/c1-12(13-6-4-3-5-7-13)19-17(22)20-15-8-9-16-14(10-15)11-18-21(16)2/h6,8-12H,3-5,7H2,1-2H3,(H2,19,20,22). The second-order valence-electron chi connectivity index (χ2n) is 5.89. The zero-order valence-electron chi connectivity index (χ0n) is 13.1. The lowest BCUT2D eigenvalue weighted by molar-refractivity contribution is 0.250. The number of rotatable bonds is 3. The molecule has 116 valence electrons. The Morgan fingerprint density at radius 3 is 3.00 bits per heavy atom. The second-order valence-corrected chi connectivity index (χ2v) is 5.89. The molecular formula is C17H22N4O. The minimum atomic E-state index is -0.165. The van der Waals surface area contributed by atoms with E-state index in [9.17, 15) is 4.79 Å². The van der Waals surface area contributed by atoms with Gasteiger partial charge in [0, 0.05) is 24.2 Å². The maximum absolute atomic E-state index is 12.1. The van der Waals surface area contributed by atoms with Gasteiger partial charge in [-0.05, 0) is 50.8 Å². The highest BCUT2D eigenvalue weighted by molar-refractivity contribution is 5.92. The molecule has 0 spiro atoms. The van der Waals surface area contributed by atoms with Crippen molar-refractivity contribution in [1.82, 2.24) is 15.1 Å². The maximum Gasteiger partial charge on any atom is 0.319 e. The molecule has 1 aromatic carbocycles. The normalized spacial score (nSPS) is 16.2. The fraction of sp³-hybridized carbons (Fsp3) is 0.412. The summed E-state index contributed by atoms with van der Waals surface area (Å²) >= 11 is 0. The number of aromatic nitrogens is 2. The minimum Gasteiger partial charge on any atom is -0.332 e. The highest BCUT2D eigenvalue weighted by Crippen LogP contribution is 2.21. The summed E-state index contributed by atoms with van der Waals surface area (Å²) in [4.78, 5) is 12.1. The molecule has 1 atom stereocenters. The first-order valence-corrected chi connectivity index (χ1v) is 7.82. The zero-order valence-corrected chi connectivity index (χ0v) is 13.1. The number of anilines is 1. The van der Waals surface area contributed by atoms with Gasteiger partial charge in [-0.2, -0.15) is 5.10 Å². The number of hydrogen-bond donors (Lipinski definition) is 2. The topological polar surface area (TPSA) is 59.0 Å². The van der Waals surface area contributed by atoms with Gasteiger partial charge in [-0.15, -0.1) is 0 Å². The summed E-state index contributed by atoms with van der Waals surface area (Å²) < 4.78 is 1.82. The number of fused-ring (bicyclic) bond motifs is 1. The summed E-state index contributed by atoms with van der Waals surface area (Å²) in [5.74, 6) is 0. The molecule has 3 rings (SSSR count). The van der Waals surface area contributed by atoms with E-state index in [0.717, 1.165) is 29.4 Å². The van der Waals surface area contributed by atoms with Crippen molar-refractivity contribution in [2.75, 3.05) is 5.32 Å². The number of urea groups is 1. The van der Waals surface area contributed by atoms with Crippen molar-refractivity contribution in [2.24, 2.45) is 7.05 Å². The van der Waals surface area contributed by atoms with Crippen LogP contribution in [0.15, 0.2) is 36.0 Å². The fourth-order valence-electron chi connectivity index (χ4n) is 2.95. The van der Waals surface area contributed by atoms with Gasteiger partial charge in [-0.25, -0.2) is 4.79 Å². The molecule has 0 saturated heterocycles. The Bertz CT molecular complexity index is 717. The lowest BCUT2D eigenvalue weighted by Gasteiger charge is -2.21. The van der Waals surface area contributed by atoms with Crippen LogP contribution in [0, 0.1) is 0 Å². The number of carbonyl (C=O) groups excluding carboxylic acids is 1. The van der Waals surface area contributed by atoms with E-state index in [0.29, 0.717) is 0 Å². The lowest BCUT2D eigenvalue weighted by atomic mass is 9.95. The van der Waals surface area contributed by atoms with Crippen molar-refractivity contribution in [3.05, 3.63) is 36.0 Å². The van der Waals surface area contributed by atoms with Crippen LogP contribution in [0.1, 0.15) is 32.6 Å². The Morgan fingerprint density at radius 1 is 1.36 bits per heavy atom. The Hall–Kier alpha value is -2.30. The largest absolute Gasteiger partial charge is 0.332 e. The van der Waals surface area contributed by atoms with E-state index >= 15 is 0 Å². The molecule has 5 heteroatoms. The number of amides is 2. The Balaban J connectivity index is 1.63. The van der Waals surface area contributed by atoms with E-state index in [4.69, 9.17) is 0 Å². The molecule has 0 aliphatic heterocycles. The molecule has 0 saturated carbocycles. The first-order chi connectivity index (χ1) is 10.6. The van der Waals surface area contributed by atoms with Crippen molar-refractivity contribution in [3.8, 4) is 0 Å². The first-order valence-electron chi connectivity index (χ1n) is 7.82. The number of hydrogen-bond acceptors (Lipinski definition) is 2. The van der Waals surface area contributed by atoms with Crippen LogP contribution in [0.4, 0.5) is 10.5 Å². The third-order valence-electron chi connectivity index (χ3n) is 4.23. The predicted octanol–water partition coefficient (Wildman–Crippen LogP) is 3.58. The number of aryl methyl sites for hydroxylation is 1. The van der Waals surface area contributed by atoms with Crippen LogP contribution >= 0.6 is 0 Å². The second kappa shape index (κ2) is 6.22. The van der Waals surface area contributed by atoms with Gasteiger partial charge in [0.15, 0.2) is 0 Å². The number of benzene rings is 1. The van der Waals surface area contributed by atoms with Crippen LogP contribution in [-0.4, -0.2) is 21.9 Å². The van der Waals surface area contributed by atoms with E-state index in [-0.39, 0.29) is 12.1 Å². The Kier molecular flexibility index (Phi) is 4.13. The SMILES string of the molecule is CC(NC(=O)Nc1ccc2c(cnn2C)c1)C1=CCCCC1. The molecule has 0 bridgehead atoms. The molecule has 2 aromatic rings. The molecule has 0 fully saturated rings. The van der Waals surface area contributed by atoms with E-state index in [1.807, 2.05) is 36.9 Å². The molecule has 0 radical (unpaired) electrons. The van der Waals surface area contributed by atoms with Gasteiger partial charge in [0.2, 0.25) is 0 Å². The van der Waals surface area contributed by atoms with Gasteiger partial charge in [0.05, 0.1) is 11.7 Å². The van der Waals surface area contributed by atoms with Crippen molar-refractivity contribution in [1.29, 1.82) is 0 Å². The van der Waals surface area contributed by atoms with E-state index < -0.39 is 0 Å². The lowest BCUT2D eigenvalue weighted by Crippen LogP contribution is -2.37. The number of nitrogens with one attached hydrogen (secondary N) is 2. The third kappa shape index (κ3) is 3.13. The molecule has 1 aliphatic rings. The van der Waals surface area contributed by atoms with Crippen molar-refractivity contribution >= 4 is 22.6 Å². The van der Waals surface area contributed by atoms with Crippen molar-refractivity contribution in [2.45, 2.75) is 38.6 Å². The van der Waals surface area contributed by atoms with Crippen LogP contribution in [0.25, 0.3) is 10.9 Å². The first kappa shape index (κ1) is 14.6. The van der Waals surface area contributed by atoms with Crippen molar-refractivity contribution in [3.63, 3.8) is 0 Å². The van der Waals surface area contributed by atoms with Crippen LogP contribution in [0.5, 0.6) is 0 Å². The smallest absolute Gasteiger partial charge is 0.319 e. The molecule has 1 aliphatic carbocycles.